The van der Waals surface area contributed by atoms with Gasteiger partial charge in [0.2, 0.25) is 5.95 Å². The van der Waals surface area contributed by atoms with Crippen molar-refractivity contribution in [3.63, 3.8) is 0 Å². The molecule has 13 heteroatoms. The quantitative estimate of drug-likeness (QED) is 0.275. The number of halogens is 1. The van der Waals surface area contributed by atoms with Crippen LogP contribution in [0.2, 0.25) is 0 Å². The lowest BCUT2D eigenvalue weighted by molar-refractivity contribution is 0.361. The first-order valence-corrected chi connectivity index (χ1v) is 12.9. The van der Waals surface area contributed by atoms with Crippen molar-refractivity contribution in [3.8, 4) is 0 Å². The van der Waals surface area contributed by atoms with Gasteiger partial charge >= 0.3 is 13.4 Å². The molecule has 0 aliphatic heterocycles. The second kappa shape index (κ2) is 18.4. The molecule has 0 fully saturated rings. The highest BCUT2D eigenvalue weighted by Crippen LogP contribution is 2.26. The van der Waals surface area contributed by atoms with E-state index in [0.717, 1.165) is 0 Å². The molecule has 1 heterocycles. The van der Waals surface area contributed by atoms with Crippen LogP contribution < -0.4 is 0 Å². The van der Waals surface area contributed by atoms with Crippen LogP contribution in [0, 0.1) is 12.9 Å². The van der Waals surface area contributed by atoms with Gasteiger partial charge < -0.3 is 29.4 Å². The lowest BCUT2D eigenvalue weighted by Crippen LogP contribution is -2.00. The molecule has 0 saturated heterocycles. The van der Waals surface area contributed by atoms with Crippen LogP contribution in [0.1, 0.15) is 65.4 Å². The lowest BCUT2D eigenvalue weighted by Gasteiger charge is -2.03. The fourth-order valence-electron chi connectivity index (χ4n) is 0.810. The van der Waals surface area contributed by atoms with Crippen molar-refractivity contribution >= 4 is 37.1 Å². The topological polar surface area (TPSA) is 147 Å². The second-order valence-electron chi connectivity index (χ2n) is 4.58. The third kappa shape index (κ3) is 49.6. The Kier molecular flexibility index (Phi) is 23.9. The molecule has 26 heavy (non-hydrogen) atoms. The van der Waals surface area contributed by atoms with Gasteiger partial charge in [0.15, 0.2) is 0 Å². The monoisotopic (exact) mass is 456 g/mol. The number of aryl methyl sites for hydroxylation is 1. The van der Waals surface area contributed by atoms with E-state index in [4.69, 9.17) is 29.4 Å². The Balaban J connectivity index is -0.000000137. The van der Waals surface area contributed by atoms with E-state index in [-0.39, 0.29) is 5.92 Å². The zero-order chi connectivity index (χ0) is 22.1. The van der Waals surface area contributed by atoms with E-state index in [1.54, 1.807) is 6.92 Å². The van der Waals surface area contributed by atoms with Crippen molar-refractivity contribution in [2.75, 3.05) is 0 Å². The Morgan fingerprint density at radius 3 is 1.42 bits per heavy atom. The number of hydrogen-bond donors (Lipinski definition) is 6. The minimum absolute atomic E-state index is 0.185. The molecule has 1 aromatic rings. The largest absolute Gasteiger partial charge is 0.325 e. The van der Waals surface area contributed by atoms with E-state index in [1.807, 2.05) is 27.7 Å². The average molecular weight is 456 g/mol. The molecule has 0 radical (unpaired) electrons. The van der Waals surface area contributed by atoms with Crippen molar-refractivity contribution in [3.05, 3.63) is 23.5 Å². The molecule has 0 atom stereocenters. The zero-order valence-corrected chi connectivity index (χ0v) is 19.5. The third-order valence-electron chi connectivity index (χ3n) is 1.36. The van der Waals surface area contributed by atoms with Crippen LogP contribution in [0.15, 0.2) is 6.07 Å². The van der Waals surface area contributed by atoms with E-state index in [1.165, 1.54) is 12.5 Å². The van der Waals surface area contributed by atoms with Crippen LogP contribution in [0.4, 0.5) is 4.39 Å². The van der Waals surface area contributed by atoms with Crippen LogP contribution in [0.5, 0.6) is 0 Å². The summed E-state index contributed by atoms with van der Waals surface area (Å²) < 4.78 is 12.6. The van der Waals surface area contributed by atoms with Crippen LogP contribution in [-0.4, -0.2) is 39.3 Å². The summed E-state index contributed by atoms with van der Waals surface area (Å²) in [6.45, 7) is 6.28. The van der Waals surface area contributed by atoms with Gasteiger partial charge in [-0.15, -0.1) is 0 Å². The van der Waals surface area contributed by atoms with Gasteiger partial charge in [0, 0.05) is 17.7 Å². The minimum atomic E-state index is -3.81. The number of nitrogens with zero attached hydrogens (tertiary/aromatic N) is 2. The maximum Gasteiger partial charge on any atom is 0.319 e. The Bertz CT molecular complexity index is 499. The average Bonchev–Trinajstić information content (AvgIpc) is 2.36. The lowest BCUT2D eigenvalue weighted by atomic mass is 10.2. The van der Waals surface area contributed by atoms with Crippen LogP contribution in [-0.2, 0) is 23.6 Å². The van der Waals surface area contributed by atoms with Crippen molar-refractivity contribution in [1.82, 2.24) is 9.97 Å². The molecule has 158 valence electrons. The van der Waals surface area contributed by atoms with Crippen LogP contribution >= 0.6 is 13.4 Å². The molecule has 6 N–H and O–H groups in total. The molecule has 0 amide bonds. The highest BCUT2D eigenvalue weighted by atomic mass is 32.5. The first-order chi connectivity index (χ1) is 11.5. The van der Waals surface area contributed by atoms with E-state index in [0.29, 0.717) is 11.5 Å². The zero-order valence-electron chi connectivity index (χ0n) is 16.0. The van der Waals surface area contributed by atoms with Gasteiger partial charge in [-0.25, -0.2) is 9.97 Å². The molecule has 1 rings (SSSR count). The van der Waals surface area contributed by atoms with Gasteiger partial charge in [0.25, 0.3) is 0 Å². The van der Waals surface area contributed by atoms with E-state index < -0.39 is 19.4 Å². The fraction of sp³-hybridized carbons (Fsp3) is 0.692. The van der Waals surface area contributed by atoms with Gasteiger partial charge in [0.1, 0.15) is 5.82 Å². The molecular formula is C13H31FN2O6P2S2. The van der Waals surface area contributed by atoms with Crippen LogP contribution in [0.3, 0.4) is 0 Å². The second-order valence-corrected chi connectivity index (χ2v) is 9.57. The molecule has 0 aliphatic rings. The Labute approximate surface area is 165 Å². The third-order valence-corrected chi connectivity index (χ3v) is 1.36. The van der Waals surface area contributed by atoms with Gasteiger partial charge in [-0.05, 0) is 30.5 Å². The Morgan fingerprint density at radius 2 is 1.23 bits per heavy atom. The van der Waals surface area contributed by atoms with Crippen molar-refractivity contribution in [2.24, 2.45) is 0 Å². The fourth-order valence-corrected chi connectivity index (χ4v) is 0.810. The molecule has 0 saturated carbocycles. The van der Waals surface area contributed by atoms with Gasteiger partial charge in [0.05, 0.1) is 0 Å². The highest BCUT2D eigenvalue weighted by molar-refractivity contribution is 8.06. The van der Waals surface area contributed by atoms with E-state index >= 15 is 0 Å². The number of aromatic nitrogens is 2. The summed E-state index contributed by atoms with van der Waals surface area (Å²) in [5, 5.41) is 0. The first-order valence-electron chi connectivity index (χ1n) is 7.58. The molecule has 1 aromatic heterocycles. The Morgan fingerprint density at radius 1 is 0.962 bits per heavy atom. The number of rotatable bonds is 1. The summed E-state index contributed by atoms with van der Waals surface area (Å²) in [6, 6.07) is 1.33. The molecular weight excluding hydrogens is 425 g/mol. The van der Waals surface area contributed by atoms with Gasteiger partial charge in [-0.3, -0.25) is 0 Å². The summed E-state index contributed by atoms with van der Waals surface area (Å²) in [4.78, 5) is 53.1. The summed E-state index contributed by atoms with van der Waals surface area (Å²) in [5.74, 6) is 0.313. The predicted octanol–water partition coefficient (Wildman–Crippen LogP) is 2.87. The Hall–Kier alpha value is 0.0700. The minimum Gasteiger partial charge on any atom is -0.325 e. The summed E-state index contributed by atoms with van der Waals surface area (Å²) >= 11 is 7.21. The van der Waals surface area contributed by atoms with Gasteiger partial charge in [-0.2, -0.15) is 4.39 Å². The molecule has 8 nitrogen and oxygen atoms in total. The molecule has 0 spiro atoms. The summed E-state index contributed by atoms with van der Waals surface area (Å²) in [6.07, 6.45) is 1.25. The molecule has 0 aromatic carbocycles. The van der Waals surface area contributed by atoms with Crippen molar-refractivity contribution < 1.29 is 33.8 Å². The molecule has 0 bridgehead atoms. The SMILES string of the molecule is CC.CCC.Cc1cc(F)nc(C(C)C)n1.OP(O)(O)=S.OP(O)(O)=S. The smallest absolute Gasteiger partial charge is 0.319 e. The standard InChI is InChI=1S/C8H11FN2.C3H8.C2H6.2H3O3PS/c1-5(2)8-10-6(3)4-7(9)11-8;1-3-2;1-2;2*1-4(2,3)5/h4-5H,1-3H3;3H2,1-2H3;1-2H3;2*(H3,1,2,3,5). The normalized spacial score (nSPS) is 9.96. The molecule has 0 aliphatic carbocycles. The number of hydrogen-bond acceptors (Lipinski definition) is 4. The summed E-state index contributed by atoms with van der Waals surface area (Å²) in [7, 11) is 0. The molecule has 0 unspecified atom stereocenters. The van der Waals surface area contributed by atoms with Crippen LogP contribution in [0.25, 0.3) is 0 Å². The highest BCUT2D eigenvalue weighted by Gasteiger charge is 2.04. The van der Waals surface area contributed by atoms with E-state index in [2.05, 4.69) is 47.4 Å². The van der Waals surface area contributed by atoms with Crippen molar-refractivity contribution in [2.45, 2.75) is 60.8 Å². The first kappa shape index (κ1) is 33.6. The maximum absolute atomic E-state index is 12.6. The van der Waals surface area contributed by atoms with Crippen molar-refractivity contribution in [1.29, 1.82) is 0 Å². The van der Waals surface area contributed by atoms with Gasteiger partial charge in [-0.1, -0.05) is 48.0 Å². The predicted molar refractivity (Wildman–Crippen MR) is 110 cm³/mol. The van der Waals surface area contributed by atoms with E-state index in [9.17, 15) is 4.39 Å². The maximum atomic E-state index is 12.6. The summed E-state index contributed by atoms with van der Waals surface area (Å²) in [5.41, 5.74) is 0.682.